The first-order chi connectivity index (χ1) is 12.1. The Balaban J connectivity index is 0.00000196. The molecule has 2 aromatic rings. The average molecular weight is 399 g/mol. The molecule has 6 nitrogen and oxygen atoms in total. The van der Waals surface area contributed by atoms with Crippen LogP contribution in [0.15, 0.2) is 21.3 Å². The van der Waals surface area contributed by atoms with E-state index in [-0.39, 0.29) is 12.4 Å². The SMILES string of the molecule is CC(Nc1cc(-c2n[nH]c(=O)o2)cc(C2CC2)c1Cl)C1CCNCC1.Cl. The first kappa shape index (κ1) is 19.3. The summed E-state index contributed by atoms with van der Waals surface area (Å²) in [6.07, 6.45) is 4.62. The van der Waals surface area contributed by atoms with E-state index in [0.717, 1.165) is 60.6 Å². The maximum absolute atomic E-state index is 11.3. The second kappa shape index (κ2) is 8.03. The van der Waals surface area contributed by atoms with Gasteiger partial charge < -0.3 is 15.1 Å². The van der Waals surface area contributed by atoms with Gasteiger partial charge in [0, 0.05) is 11.6 Å². The monoisotopic (exact) mass is 398 g/mol. The number of benzene rings is 1. The van der Waals surface area contributed by atoms with E-state index in [0.29, 0.717) is 23.8 Å². The number of hydrogen-bond acceptors (Lipinski definition) is 5. The van der Waals surface area contributed by atoms with Gasteiger partial charge in [-0.1, -0.05) is 11.6 Å². The highest BCUT2D eigenvalue weighted by Gasteiger charge is 2.29. The predicted octanol–water partition coefficient (Wildman–Crippen LogP) is 3.78. The van der Waals surface area contributed by atoms with Gasteiger partial charge in [-0.25, -0.2) is 9.89 Å². The van der Waals surface area contributed by atoms with Crippen LogP contribution in [0, 0.1) is 5.92 Å². The number of halogens is 2. The second-order valence-corrected chi connectivity index (χ2v) is 7.52. The zero-order chi connectivity index (χ0) is 17.4. The molecule has 1 unspecified atom stereocenters. The summed E-state index contributed by atoms with van der Waals surface area (Å²) in [5.41, 5.74) is 2.80. The molecule has 142 valence electrons. The molecule has 1 atom stereocenters. The highest BCUT2D eigenvalue weighted by Crippen LogP contribution is 2.47. The molecule has 0 amide bonds. The smallest absolute Gasteiger partial charge is 0.388 e. The number of nitrogens with zero attached hydrogens (tertiary/aromatic N) is 1. The normalized spacial score (nSPS) is 19.0. The van der Waals surface area contributed by atoms with Crippen molar-refractivity contribution in [2.45, 2.75) is 44.6 Å². The second-order valence-electron chi connectivity index (χ2n) is 7.14. The Hall–Kier alpha value is -1.50. The van der Waals surface area contributed by atoms with E-state index in [1.54, 1.807) is 0 Å². The molecule has 2 fully saturated rings. The summed E-state index contributed by atoms with van der Waals surface area (Å²) in [6.45, 7) is 4.34. The minimum atomic E-state index is -0.546. The van der Waals surface area contributed by atoms with Crippen LogP contribution in [0.4, 0.5) is 5.69 Å². The highest BCUT2D eigenvalue weighted by molar-refractivity contribution is 6.34. The Labute approximate surface area is 163 Å². The van der Waals surface area contributed by atoms with Crippen molar-refractivity contribution in [3.8, 4) is 11.5 Å². The number of nitrogens with one attached hydrogen (secondary N) is 3. The maximum atomic E-state index is 11.3. The number of H-pyrrole nitrogens is 1. The molecule has 2 aliphatic rings. The van der Waals surface area contributed by atoms with Crippen LogP contribution in [0.1, 0.15) is 44.1 Å². The molecule has 0 spiro atoms. The summed E-state index contributed by atoms with van der Waals surface area (Å²) in [6, 6.07) is 4.26. The van der Waals surface area contributed by atoms with Crippen LogP contribution in [0.2, 0.25) is 5.02 Å². The van der Waals surface area contributed by atoms with Crippen LogP contribution in [0.5, 0.6) is 0 Å². The van der Waals surface area contributed by atoms with Gasteiger partial charge in [0.15, 0.2) is 0 Å². The Morgan fingerprint density at radius 2 is 2.00 bits per heavy atom. The minimum Gasteiger partial charge on any atom is -0.388 e. The summed E-state index contributed by atoms with van der Waals surface area (Å²) in [7, 11) is 0. The Morgan fingerprint density at radius 3 is 2.62 bits per heavy atom. The zero-order valence-corrected chi connectivity index (χ0v) is 16.3. The van der Waals surface area contributed by atoms with Crippen molar-refractivity contribution in [1.29, 1.82) is 0 Å². The van der Waals surface area contributed by atoms with Gasteiger partial charge in [0.1, 0.15) is 0 Å². The maximum Gasteiger partial charge on any atom is 0.434 e. The molecule has 1 aliphatic carbocycles. The number of hydrogen-bond donors (Lipinski definition) is 3. The minimum absolute atomic E-state index is 0. The lowest BCUT2D eigenvalue weighted by Crippen LogP contribution is -2.36. The first-order valence-electron chi connectivity index (χ1n) is 8.98. The topological polar surface area (TPSA) is 83.0 Å². The summed E-state index contributed by atoms with van der Waals surface area (Å²) in [5.74, 6) is 0.873. The van der Waals surface area contributed by atoms with Gasteiger partial charge in [0.25, 0.3) is 0 Å². The Morgan fingerprint density at radius 1 is 1.27 bits per heavy atom. The number of rotatable bonds is 5. The van der Waals surface area contributed by atoms with Crippen molar-refractivity contribution in [3.63, 3.8) is 0 Å². The van der Waals surface area contributed by atoms with E-state index < -0.39 is 5.76 Å². The Kier molecular flexibility index (Phi) is 5.95. The number of aromatic amines is 1. The van der Waals surface area contributed by atoms with Gasteiger partial charge in [-0.2, -0.15) is 0 Å². The molecule has 1 saturated carbocycles. The third kappa shape index (κ3) is 4.08. The lowest BCUT2D eigenvalue weighted by molar-refractivity contribution is 0.343. The molecule has 3 N–H and O–H groups in total. The van der Waals surface area contributed by atoms with Crippen molar-refractivity contribution in [2.24, 2.45) is 5.92 Å². The third-order valence-corrected chi connectivity index (χ3v) is 5.70. The van der Waals surface area contributed by atoms with Gasteiger partial charge >= 0.3 is 5.76 Å². The molecular formula is C18H24Cl2N4O2. The number of aromatic nitrogens is 2. The Bertz CT molecular complexity index is 810. The van der Waals surface area contributed by atoms with Gasteiger partial charge in [-0.15, -0.1) is 17.5 Å². The average Bonchev–Trinajstić information content (AvgIpc) is 3.38. The fraction of sp³-hybridized carbons (Fsp3) is 0.556. The lowest BCUT2D eigenvalue weighted by atomic mass is 9.91. The molecule has 2 heterocycles. The van der Waals surface area contributed by atoms with Crippen LogP contribution >= 0.6 is 24.0 Å². The van der Waals surface area contributed by atoms with Crippen LogP contribution in [0.25, 0.3) is 11.5 Å². The van der Waals surface area contributed by atoms with Gasteiger partial charge in [-0.3, -0.25) is 0 Å². The van der Waals surface area contributed by atoms with Crippen molar-refractivity contribution in [3.05, 3.63) is 33.3 Å². The van der Waals surface area contributed by atoms with E-state index in [1.807, 2.05) is 12.1 Å². The largest absolute Gasteiger partial charge is 0.434 e. The summed E-state index contributed by atoms with van der Waals surface area (Å²) in [4.78, 5) is 11.3. The van der Waals surface area contributed by atoms with E-state index in [1.165, 1.54) is 0 Å². The molecular weight excluding hydrogens is 375 g/mol. The molecule has 1 aromatic carbocycles. The molecule has 1 aromatic heterocycles. The highest BCUT2D eigenvalue weighted by atomic mass is 35.5. The van der Waals surface area contributed by atoms with Crippen LogP contribution in [-0.2, 0) is 0 Å². The lowest BCUT2D eigenvalue weighted by Gasteiger charge is -2.30. The molecule has 1 aliphatic heterocycles. The van der Waals surface area contributed by atoms with Gasteiger partial charge in [0.2, 0.25) is 5.89 Å². The van der Waals surface area contributed by atoms with Crippen LogP contribution in [0.3, 0.4) is 0 Å². The molecule has 0 radical (unpaired) electrons. The van der Waals surface area contributed by atoms with Crippen molar-refractivity contribution in [1.82, 2.24) is 15.5 Å². The van der Waals surface area contributed by atoms with Crippen LogP contribution in [-0.4, -0.2) is 29.3 Å². The van der Waals surface area contributed by atoms with E-state index in [2.05, 4.69) is 27.8 Å². The zero-order valence-electron chi connectivity index (χ0n) is 14.7. The summed E-state index contributed by atoms with van der Waals surface area (Å²) in [5, 5.41) is 14.1. The third-order valence-electron chi connectivity index (χ3n) is 5.28. The van der Waals surface area contributed by atoms with Crippen molar-refractivity contribution in [2.75, 3.05) is 18.4 Å². The van der Waals surface area contributed by atoms with E-state index >= 15 is 0 Å². The fourth-order valence-electron chi connectivity index (χ4n) is 3.63. The quantitative estimate of drug-likeness (QED) is 0.713. The summed E-state index contributed by atoms with van der Waals surface area (Å²) >= 11 is 6.70. The molecule has 8 heteroatoms. The van der Waals surface area contributed by atoms with E-state index in [9.17, 15) is 4.79 Å². The summed E-state index contributed by atoms with van der Waals surface area (Å²) < 4.78 is 5.14. The molecule has 0 bridgehead atoms. The fourth-order valence-corrected chi connectivity index (χ4v) is 3.95. The van der Waals surface area contributed by atoms with Crippen molar-refractivity contribution < 1.29 is 4.42 Å². The molecule has 1 saturated heterocycles. The van der Waals surface area contributed by atoms with Gasteiger partial charge in [-0.05, 0) is 75.2 Å². The number of piperidine rings is 1. The first-order valence-corrected chi connectivity index (χ1v) is 9.36. The van der Waals surface area contributed by atoms with E-state index in [4.69, 9.17) is 16.0 Å². The predicted molar refractivity (Wildman–Crippen MR) is 105 cm³/mol. The van der Waals surface area contributed by atoms with Crippen molar-refractivity contribution >= 4 is 29.7 Å². The standard InChI is InChI=1S/C18H23ClN4O2.ClH/c1-10(11-4-6-20-7-5-11)21-15-9-13(17-22-23-18(24)25-17)8-14(16(15)19)12-2-3-12;/h8-12,20-21H,2-7H2,1H3,(H,23,24);1H. The number of anilines is 1. The van der Waals surface area contributed by atoms with Crippen LogP contribution < -0.4 is 16.4 Å². The molecule has 26 heavy (non-hydrogen) atoms. The molecule has 4 rings (SSSR count). The van der Waals surface area contributed by atoms with Gasteiger partial charge in [0.05, 0.1) is 10.7 Å².